The van der Waals surface area contributed by atoms with E-state index < -0.39 is 0 Å². The van der Waals surface area contributed by atoms with E-state index in [2.05, 4.69) is 407 Å². The predicted molar refractivity (Wildman–Crippen MR) is 470 cm³/mol. The van der Waals surface area contributed by atoms with Gasteiger partial charge in [0.05, 0.1) is 44.5 Å². The third-order valence-electron chi connectivity index (χ3n) is 25.9. The summed E-state index contributed by atoms with van der Waals surface area (Å²) in [5.41, 5.74) is 39.9. The highest BCUT2D eigenvalue weighted by molar-refractivity contribution is 6.13. The van der Waals surface area contributed by atoms with Gasteiger partial charge in [-0.25, -0.2) is 4.98 Å². The van der Waals surface area contributed by atoms with Crippen molar-refractivity contribution in [1.82, 2.24) is 18.7 Å². The van der Waals surface area contributed by atoms with E-state index in [0.717, 1.165) is 61.5 Å². The van der Waals surface area contributed by atoms with Crippen molar-refractivity contribution >= 4 is 76.2 Å². The van der Waals surface area contributed by atoms with E-state index in [-0.39, 0.29) is 16.2 Å². The molecule has 4 aromatic heterocycles. The maximum atomic E-state index is 5.80. The Hall–Kier alpha value is -13.7. The van der Waals surface area contributed by atoms with E-state index in [0.29, 0.717) is 0 Å². The number of rotatable bonds is 9. The Labute approximate surface area is 651 Å². The average molecular weight is 1430 g/mol. The molecule has 528 valence electrons. The molecule has 0 aliphatic heterocycles. The van der Waals surface area contributed by atoms with Gasteiger partial charge in [0.2, 0.25) is 0 Å². The highest BCUT2D eigenvalue weighted by Gasteiger charge is 2.38. The Bertz CT molecular complexity index is 7430. The Morgan fingerprint density at radius 3 is 0.875 bits per heavy atom. The van der Waals surface area contributed by atoms with Crippen molar-refractivity contribution in [2.24, 2.45) is 0 Å². The van der Waals surface area contributed by atoms with E-state index in [9.17, 15) is 0 Å². The van der Waals surface area contributed by atoms with Gasteiger partial charge in [-0.05, 0) is 220 Å². The normalized spacial score (nSPS) is 14.0. The minimum atomic E-state index is -0.0603. The summed E-state index contributed by atoms with van der Waals surface area (Å²) >= 11 is 0. The lowest BCUT2D eigenvalue weighted by Gasteiger charge is -2.21. The second-order valence-electron chi connectivity index (χ2n) is 33.0. The molecule has 0 spiro atoms. The number of benzene rings is 16. The number of para-hydroxylation sites is 3. The van der Waals surface area contributed by atoms with Crippen LogP contribution >= 0.6 is 0 Å². The summed E-state index contributed by atoms with van der Waals surface area (Å²) in [5, 5.41) is 9.59. The topological polar surface area (TPSA) is 27.7 Å². The standard InChI is InChI=1S/C108H76N4/c1-106(2)92-25-13-7-19-79(92)89-58-69(42-54-95(89)106)72-39-51-85-82-22-10-16-28-99(82)110(102(85)62-72)76-45-33-65(34-46-76)68-31-32-75-61-98(66-35-47-77(48-36-66)111-100-29-17-11-23-83(100)86-52-40-73(63-103(86)111)70-43-55-96-90(59-70)80-20-8-14-26-93(80)107(96,3)4)109-105(88(75)57-68)67-37-49-78(50-38-67)112-101-30-18-12-24-84(101)87-53-41-74(64-104(87)112)71-44-56-97-91(60-71)81-21-9-15-27-94(81)108(97,5)6/h7-64H,1-6H3. The lowest BCUT2D eigenvalue weighted by molar-refractivity contribution is 0.660. The van der Waals surface area contributed by atoms with Crippen LogP contribution < -0.4 is 0 Å². The van der Waals surface area contributed by atoms with Gasteiger partial charge in [0, 0.05) is 82.1 Å². The molecule has 3 aliphatic rings. The summed E-state index contributed by atoms with van der Waals surface area (Å²) in [6, 6.07) is 132. The van der Waals surface area contributed by atoms with Crippen molar-refractivity contribution in [2.75, 3.05) is 0 Å². The summed E-state index contributed by atoms with van der Waals surface area (Å²) in [4.78, 5) is 5.80. The van der Waals surface area contributed by atoms with Crippen molar-refractivity contribution in [1.29, 1.82) is 0 Å². The number of nitrogens with zero attached hydrogens (tertiary/aromatic N) is 4. The molecule has 0 fully saturated rings. The first-order valence-corrected chi connectivity index (χ1v) is 39.4. The molecule has 0 unspecified atom stereocenters. The van der Waals surface area contributed by atoms with Gasteiger partial charge >= 0.3 is 0 Å². The number of hydrogen-bond donors (Lipinski definition) is 0. The zero-order chi connectivity index (χ0) is 74.6. The van der Waals surface area contributed by atoms with Crippen LogP contribution in [0.5, 0.6) is 0 Å². The number of fused-ring (bicyclic) bond motifs is 19. The first-order valence-electron chi connectivity index (χ1n) is 39.4. The molecule has 4 heteroatoms. The van der Waals surface area contributed by atoms with E-state index in [1.807, 2.05) is 0 Å². The lowest BCUT2D eigenvalue weighted by atomic mass is 9.82. The van der Waals surface area contributed by atoms with E-state index in [1.165, 1.54) is 166 Å². The molecule has 16 aromatic carbocycles. The zero-order valence-electron chi connectivity index (χ0n) is 63.3. The van der Waals surface area contributed by atoms with Crippen molar-refractivity contribution in [3.8, 4) is 117 Å². The molecule has 0 radical (unpaired) electrons. The van der Waals surface area contributed by atoms with Crippen molar-refractivity contribution in [2.45, 2.75) is 57.8 Å². The molecule has 23 rings (SSSR count). The lowest BCUT2D eigenvalue weighted by Crippen LogP contribution is -2.14. The third kappa shape index (κ3) is 9.39. The van der Waals surface area contributed by atoms with Gasteiger partial charge in [-0.2, -0.15) is 0 Å². The molecule has 4 heterocycles. The number of hydrogen-bond acceptors (Lipinski definition) is 1. The molecule has 0 saturated heterocycles. The number of aromatic nitrogens is 4. The molecule has 0 atom stereocenters. The Kier molecular flexibility index (Phi) is 13.6. The summed E-state index contributed by atoms with van der Waals surface area (Å²) in [5.74, 6) is 0. The molecule has 0 amide bonds. The van der Waals surface area contributed by atoms with E-state index >= 15 is 0 Å². The van der Waals surface area contributed by atoms with Crippen molar-refractivity contribution in [3.63, 3.8) is 0 Å². The summed E-state index contributed by atoms with van der Waals surface area (Å²) in [6.07, 6.45) is 0. The summed E-state index contributed by atoms with van der Waals surface area (Å²) in [6.45, 7) is 14.1. The summed E-state index contributed by atoms with van der Waals surface area (Å²) in [7, 11) is 0. The predicted octanol–water partition coefficient (Wildman–Crippen LogP) is 28.4. The molecule has 112 heavy (non-hydrogen) atoms. The van der Waals surface area contributed by atoms with Crippen LogP contribution in [0.25, 0.3) is 194 Å². The Morgan fingerprint density at radius 1 is 0.196 bits per heavy atom. The molecule has 0 saturated carbocycles. The molecular weight excluding hydrogens is 1350 g/mol. The highest BCUT2D eigenvalue weighted by atomic mass is 15.0. The number of pyridine rings is 1. The van der Waals surface area contributed by atoms with Gasteiger partial charge < -0.3 is 13.7 Å². The van der Waals surface area contributed by atoms with Gasteiger partial charge in [0.1, 0.15) is 0 Å². The molecule has 0 N–H and O–H groups in total. The fourth-order valence-corrected chi connectivity index (χ4v) is 20.1. The average Bonchev–Trinajstić information content (AvgIpc) is 1.55. The van der Waals surface area contributed by atoms with Crippen LogP contribution in [0.1, 0.15) is 74.9 Å². The Balaban J connectivity index is 0.636. The highest BCUT2D eigenvalue weighted by Crippen LogP contribution is 2.54. The fourth-order valence-electron chi connectivity index (χ4n) is 20.1. The zero-order valence-corrected chi connectivity index (χ0v) is 63.3. The van der Waals surface area contributed by atoms with E-state index in [1.54, 1.807) is 0 Å². The van der Waals surface area contributed by atoms with Gasteiger partial charge in [0.15, 0.2) is 0 Å². The van der Waals surface area contributed by atoms with E-state index in [4.69, 9.17) is 4.98 Å². The third-order valence-corrected chi connectivity index (χ3v) is 25.9. The van der Waals surface area contributed by atoms with Crippen LogP contribution in [0.4, 0.5) is 0 Å². The molecular formula is C108H76N4. The van der Waals surface area contributed by atoms with Gasteiger partial charge in [0.25, 0.3) is 0 Å². The molecule has 20 aromatic rings. The van der Waals surface area contributed by atoms with Crippen LogP contribution in [0.15, 0.2) is 352 Å². The largest absolute Gasteiger partial charge is 0.309 e. The minimum Gasteiger partial charge on any atom is -0.309 e. The quantitative estimate of drug-likeness (QED) is 0.142. The SMILES string of the molecule is CC1(C)c2ccccc2-c2cc(-c3ccc4c5ccccc5n(-c5ccc(-c6ccc7cc(-c8ccc(-n9c%10ccccc%10c%10ccc(-c%11ccc%12c(c%11)-c%11ccccc%11C%12(C)C)cc%109)cc8)nc(-c8ccc(-n9c%10ccccc%10c%10ccc(-c%11ccc%12c(c%11)-c%11ccccc%11C%12(C)C)cc%109)cc8)c7c6)cc5)c4c3)ccc21. The maximum absolute atomic E-state index is 5.80. The smallest absolute Gasteiger partial charge is 0.0788 e. The first-order chi connectivity index (χ1) is 54.8. The molecule has 0 bridgehead atoms. The van der Waals surface area contributed by atoms with Crippen LogP contribution in [-0.2, 0) is 16.2 Å². The second kappa shape index (κ2) is 23.7. The van der Waals surface area contributed by atoms with Crippen LogP contribution in [0.3, 0.4) is 0 Å². The fraction of sp³-hybridized carbons (Fsp3) is 0.0833. The van der Waals surface area contributed by atoms with Crippen LogP contribution in [0.2, 0.25) is 0 Å². The first kappa shape index (κ1) is 64.3. The van der Waals surface area contributed by atoms with Crippen molar-refractivity contribution < 1.29 is 0 Å². The summed E-state index contributed by atoms with van der Waals surface area (Å²) < 4.78 is 7.34. The molecule has 3 aliphatic carbocycles. The van der Waals surface area contributed by atoms with Crippen LogP contribution in [-0.4, -0.2) is 18.7 Å². The minimum absolute atomic E-state index is 0.0504. The van der Waals surface area contributed by atoms with Gasteiger partial charge in [-0.15, -0.1) is 0 Å². The monoisotopic (exact) mass is 1430 g/mol. The second-order valence-corrected chi connectivity index (χ2v) is 33.0. The van der Waals surface area contributed by atoms with Crippen molar-refractivity contribution in [3.05, 3.63) is 385 Å². The van der Waals surface area contributed by atoms with Crippen LogP contribution in [0, 0.1) is 0 Å². The Morgan fingerprint density at radius 2 is 0.482 bits per heavy atom. The van der Waals surface area contributed by atoms with Gasteiger partial charge in [-0.1, -0.05) is 290 Å². The maximum Gasteiger partial charge on any atom is 0.0788 e. The van der Waals surface area contributed by atoms with Gasteiger partial charge in [-0.3, -0.25) is 0 Å². The molecule has 4 nitrogen and oxygen atoms in total.